The summed E-state index contributed by atoms with van der Waals surface area (Å²) in [6.07, 6.45) is 5.42. The number of hydrogen-bond donors (Lipinski definition) is 1. The largest absolute Gasteiger partial charge is 0.325 e. The minimum absolute atomic E-state index is 0.178. The van der Waals surface area contributed by atoms with Crippen LogP contribution in [0, 0.1) is 0 Å². The predicted octanol–water partition coefficient (Wildman–Crippen LogP) is 2.85. The number of fused-ring (bicyclic) bond motifs is 1. The molecular weight excluding hydrogens is 396 g/mol. The summed E-state index contributed by atoms with van der Waals surface area (Å²) in [5, 5.41) is 3.51. The molecule has 0 aliphatic carbocycles. The second-order valence-electron chi connectivity index (χ2n) is 6.51. The maximum atomic E-state index is 12.7. The number of thioether (sulfide) groups is 1. The Balaban J connectivity index is 1.42. The van der Waals surface area contributed by atoms with Crippen LogP contribution in [-0.4, -0.2) is 46.9 Å². The Morgan fingerprint density at radius 3 is 2.79 bits per heavy atom. The number of hydrogen-bond acceptors (Lipinski definition) is 5. The van der Waals surface area contributed by atoms with Crippen LogP contribution in [-0.2, 0) is 14.8 Å². The van der Waals surface area contributed by atoms with Gasteiger partial charge in [-0.2, -0.15) is 4.31 Å². The van der Waals surface area contributed by atoms with Crippen LogP contribution in [0.5, 0.6) is 0 Å². The molecule has 1 N–H and O–H groups in total. The van der Waals surface area contributed by atoms with Crippen LogP contribution in [0.3, 0.4) is 0 Å². The van der Waals surface area contributed by atoms with Gasteiger partial charge in [-0.3, -0.25) is 9.20 Å². The summed E-state index contributed by atoms with van der Waals surface area (Å²) < 4.78 is 28.8. The van der Waals surface area contributed by atoms with Gasteiger partial charge in [0, 0.05) is 25.0 Å². The third-order valence-corrected chi connectivity index (χ3v) is 7.42. The Morgan fingerprint density at radius 2 is 1.96 bits per heavy atom. The summed E-state index contributed by atoms with van der Waals surface area (Å²) in [5.74, 6) is -0.0368. The number of rotatable bonds is 6. The molecule has 0 atom stereocenters. The average Bonchev–Trinajstić information content (AvgIpc) is 3.37. The van der Waals surface area contributed by atoms with E-state index in [2.05, 4.69) is 10.3 Å². The molecule has 0 bridgehead atoms. The lowest BCUT2D eigenvalue weighted by Gasteiger charge is -2.16. The fraction of sp³-hybridized carbons (Fsp3) is 0.263. The Labute approximate surface area is 167 Å². The van der Waals surface area contributed by atoms with Gasteiger partial charge < -0.3 is 5.32 Å². The fourth-order valence-electron chi connectivity index (χ4n) is 3.17. The summed E-state index contributed by atoms with van der Waals surface area (Å²) in [4.78, 5) is 16.9. The molecule has 1 aromatic carbocycles. The lowest BCUT2D eigenvalue weighted by molar-refractivity contribution is -0.113. The Kier molecular flexibility index (Phi) is 5.38. The van der Waals surface area contributed by atoms with Crippen molar-refractivity contribution in [1.82, 2.24) is 13.7 Å². The topological polar surface area (TPSA) is 83.8 Å². The van der Waals surface area contributed by atoms with Crippen molar-refractivity contribution < 1.29 is 13.2 Å². The molecule has 1 fully saturated rings. The van der Waals surface area contributed by atoms with Crippen molar-refractivity contribution in [3.8, 4) is 0 Å². The smallest absolute Gasteiger partial charge is 0.243 e. The molecule has 2 aromatic heterocycles. The van der Waals surface area contributed by atoms with Gasteiger partial charge in [0.1, 0.15) is 0 Å². The highest BCUT2D eigenvalue weighted by molar-refractivity contribution is 7.99. The fourth-order valence-corrected chi connectivity index (χ4v) is 5.49. The van der Waals surface area contributed by atoms with Gasteiger partial charge >= 0.3 is 0 Å². The van der Waals surface area contributed by atoms with Gasteiger partial charge in [0.05, 0.1) is 22.4 Å². The van der Waals surface area contributed by atoms with Crippen LogP contribution in [0.1, 0.15) is 12.8 Å². The number of carbonyl (C=O) groups excluding carboxylic acids is 1. The lowest BCUT2D eigenvalue weighted by atomic mass is 10.3. The van der Waals surface area contributed by atoms with Crippen LogP contribution in [0.4, 0.5) is 5.69 Å². The number of nitrogens with zero attached hydrogens (tertiary/aromatic N) is 3. The Morgan fingerprint density at radius 1 is 1.14 bits per heavy atom. The Bertz CT molecular complexity index is 1110. The molecule has 1 saturated heterocycles. The standard InChI is InChI=1S/C19H20N4O3S2/c24-18(14-27-19-20-13-16-7-1-2-11-23(16)19)21-15-6-5-8-17(12-15)28(25,26)22-9-3-4-10-22/h1-2,5-8,11-13H,3-4,9-10,14H2,(H,21,24). The zero-order valence-corrected chi connectivity index (χ0v) is 16.7. The summed E-state index contributed by atoms with van der Waals surface area (Å²) in [6, 6.07) is 12.2. The van der Waals surface area contributed by atoms with Gasteiger partial charge in [0.2, 0.25) is 15.9 Å². The van der Waals surface area contributed by atoms with Crippen LogP contribution >= 0.6 is 11.8 Å². The number of amides is 1. The molecule has 0 radical (unpaired) electrons. The normalized spacial score (nSPS) is 15.1. The quantitative estimate of drug-likeness (QED) is 0.625. The van der Waals surface area contributed by atoms with E-state index in [1.165, 1.54) is 22.1 Å². The van der Waals surface area contributed by atoms with E-state index in [1.54, 1.807) is 24.4 Å². The number of carbonyl (C=O) groups is 1. The molecule has 4 rings (SSSR count). The van der Waals surface area contributed by atoms with Gasteiger partial charge in [0.15, 0.2) is 5.16 Å². The van der Waals surface area contributed by atoms with Crippen LogP contribution < -0.4 is 5.32 Å². The zero-order chi connectivity index (χ0) is 19.6. The molecule has 146 valence electrons. The van der Waals surface area contributed by atoms with Gasteiger partial charge in [-0.15, -0.1) is 0 Å². The van der Waals surface area contributed by atoms with Crippen molar-refractivity contribution in [3.63, 3.8) is 0 Å². The first-order valence-corrected chi connectivity index (χ1v) is 11.4. The third-order valence-electron chi connectivity index (χ3n) is 4.56. The van der Waals surface area contributed by atoms with E-state index < -0.39 is 10.0 Å². The van der Waals surface area contributed by atoms with E-state index in [-0.39, 0.29) is 16.6 Å². The minimum Gasteiger partial charge on any atom is -0.325 e. The third kappa shape index (κ3) is 3.91. The van der Waals surface area contributed by atoms with Gasteiger partial charge in [-0.25, -0.2) is 13.4 Å². The molecule has 28 heavy (non-hydrogen) atoms. The second-order valence-corrected chi connectivity index (χ2v) is 9.39. The molecule has 7 nitrogen and oxygen atoms in total. The maximum absolute atomic E-state index is 12.7. The number of sulfonamides is 1. The van der Waals surface area contributed by atoms with Gasteiger partial charge in [-0.1, -0.05) is 23.9 Å². The van der Waals surface area contributed by atoms with Crippen molar-refractivity contribution in [3.05, 3.63) is 54.9 Å². The van der Waals surface area contributed by atoms with E-state index in [0.717, 1.165) is 23.5 Å². The zero-order valence-electron chi connectivity index (χ0n) is 15.1. The number of imidazole rings is 1. The second kappa shape index (κ2) is 7.94. The average molecular weight is 417 g/mol. The molecule has 9 heteroatoms. The molecule has 3 heterocycles. The van der Waals surface area contributed by atoms with Crippen molar-refractivity contribution in [2.45, 2.75) is 22.9 Å². The van der Waals surface area contributed by atoms with Gasteiger partial charge in [0.25, 0.3) is 0 Å². The first kappa shape index (κ1) is 19.0. The van der Waals surface area contributed by atoms with Gasteiger partial charge in [-0.05, 0) is 43.2 Å². The molecule has 3 aromatic rings. The number of pyridine rings is 1. The Hall–Kier alpha value is -2.36. The van der Waals surface area contributed by atoms with Crippen molar-refractivity contribution in [2.24, 2.45) is 0 Å². The summed E-state index contributed by atoms with van der Waals surface area (Å²) in [6.45, 7) is 1.10. The number of aromatic nitrogens is 2. The molecule has 1 aliphatic heterocycles. The first-order chi connectivity index (χ1) is 13.5. The SMILES string of the molecule is O=C(CSc1ncc2ccccn12)Nc1cccc(S(=O)(=O)N2CCCC2)c1. The number of benzene rings is 1. The van der Waals surface area contributed by atoms with E-state index in [4.69, 9.17) is 0 Å². The van der Waals surface area contributed by atoms with Crippen molar-refractivity contribution in [1.29, 1.82) is 0 Å². The minimum atomic E-state index is -3.51. The highest BCUT2D eigenvalue weighted by Gasteiger charge is 2.27. The van der Waals surface area contributed by atoms with E-state index in [9.17, 15) is 13.2 Å². The summed E-state index contributed by atoms with van der Waals surface area (Å²) in [5.41, 5.74) is 1.43. The number of nitrogens with one attached hydrogen (secondary N) is 1. The summed E-state index contributed by atoms with van der Waals surface area (Å²) in [7, 11) is -3.51. The summed E-state index contributed by atoms with van der Waals surface area (Å²) >= 11 is 1.33. The highest BCUT2D eigenvalue weighted by Crippen LogP contribution is 2.24. The molecule has 0 unspecified atom stereocenters. The first-order valence-electron chi connectivity index (χ1n) is 8.99. The monoisotopic (exact) mass is 416 g/mol. The molecule has 1 amide bonds. The molecule has 0 saturated carbocycles. The van der Waals surface area contributed by atoms with E-state index in [1.807, 2.05) is 28.8 Å². The van der Waals surface area contributed by atoms with Crippen LogP contribution in [0.2, 0.25) is 0 Å². The van der Waals surface area contributed by atoms with E-state index in [0.29, 0.717) is 18.8 Å². The number of anilines is 1. The predicted molar refractivity (Wildman–Crippen MR) is 109 cm³/mol. The lowest BCUT2D eigenvalue weighted by Crippen LogP contribution is -2.28. The highest BCUT2D eigenvalue weighted by atomic mass is 32.2. The molecule has 1 aliphatic rings. The van der Waals surface area contributed by atoms with Crippen LogP contribution in [0.15, 0.2) is 64.9 Å². The van der Waals surface area contributed by atoms with Crippen molar-refractivity contribution >= 4 is 38.9 Å². The van der Waals surface area contributed by atoms with E-state index >= 15 is 0 Å². The maximum Gasteiger partial charge on any atom is 0.243 e. The molecule has 0 spiro atoms. The van der Waals surface area contributed by atoms with Crippen molar-refractivity contribution in [2.75, 3.05) is 24.2 Å². The molecular formula is C19H20N4O3S2. The van der Waals surface area contributed by atoms with Crippen LogP contribution in [0.25, 0.3) is 5.52 Å².